The minimum Gasteiger partial charge on any atom is -0.373 e. The monoisotopic (exact) mass is 180 g/mol. The van der Waals surface area contributed by atoms with Crippen LogP contribution in [0.1, 0.15) is 20.8 Å². The largest absolute Gasteiger partial charge is 0.373 e. The van der Waals surface area contributed by atoms with Crippen molar-refractivity contribution in [3.63, 3.8) is 0 Å². The smallest absolute Gasteiger partial charge is 0.101 e. The van der Waals surface area contributed by atoms with Gasteiger partial charge in [0, 0.05) is 12.2 Å². The van der Waals surface area contributed by atoms with Crippen LogP contribution in [-0.2, 0) is 4.74 Å². The number of fused-ring (bicyclic) bond motifs is 1. The van der Waals surface area contributed by atoms with Gasteiger partial charge in [0.15, 0.2) is 0 Å². The Kier molecular flexibility index (Phi) is 2.12. The third-order valence-corrected chi connectivity index (χ3v) is 2.88. The highest BCUT2D eigenvalue weighted by Gasteiger charge is 2.25. The van der Waals surface area contributed by atoms with Crippen LogP contribution in [0.3, 0.4) is 0 Å². The molecule has 2 heterocycles. The third kappa shape index (κ3) is 1.37. The van der Waals surface area contributed by atoms with Crippen molar-refractivity contribution in [2.24, 2.45) is 4.99 Å². The number of aliphatic imine (C=N–C) groups is 1. The summed E-state index contributed by atoms with van der Waals surface area (Å²) < 4.78 is 5.45. The molecule has 2 aliphatic rings. The summed E-state index contributed by atoms with van der Waals surface area (Å²) in [6.45, 7) is 8.89. The highest BCUT2D eigenvalue weighted by Crippen LogP contribution is 2.24. The molecule has 1 saturated heterocycles. The van der Waals surface area contributed by atoms with Crippen molar-refractivity contribution >= 4 is 5.84 Å². The minimum atomic E-state index is 0.327. The summed E-state index contributed by atoms with van der Waals surface area (Å²) in [7, 11) is 0. The van der Waals surface area contributed by atoms with Crippen LogP contribution in [0, 0.1) is 0 Å². The van der Waals surface area contributed by atoms with Gasteiger partial charge in [-0.05, 0) is 26.3 Å². The molecule has 2 rings (SSSR count). The van der Waals surface area contributed by atoms with E-state index in [0.717, 1.165) is 25.6 Å². The van der Waals surface area contributed by atoms with Crippen LogP contribution in [0.15, 0.2) is 16.3 Å². The van der Waals surface area contributed by atoms with Crippen LogP contribution in [0.4, 0.5) is 0 Å². The molecular formula is C10H16N2O. The number of nitrogens with zero attached hydrogens (tertiary/aromatic N) is 2. The molecule has 0 radical (unpaired) electrons. The Bertz CT molecular complexity index is 281. The molecule has 72 valence electrons. The normalized spacial score (nSPS) is 28.7. The molecule has 0 aromatic carbocycles. The van der Waals surface area contributed by atoms with E-state index in [9.17, 15) is 0 Å². The molecule has 2 aliphatic heterocycles. The van der Waals surface area contributed by atoms with Gasteiger partial charge in [0.05, 0.1) is 19.3 Å². The van der Waals surface area contributed by atoms with Crippen molar-refractivity contribution in [1.82, 2.24) is 4.90 Å². The van der Waals surface area contributed by atoms with Gasteiger partial charge >= 0.3 is 0 Å². The molecule has 0 spiro atoms. The molecule has 0 bridgehead atoms. The Labute approximate surface area is 79.1 Å². The molecule has 0 amide bonds. The van der Waals surface area contributed by atoms with E-state index in [1.165, 1.54) is 11.3 Å². The van der Waals surface area contributed by atoms with Gasteiger partial charge in [-0.3, -0.25) is 4.99 Å². The number of hydrogen-bond acceptors (Lipinski definition) is 3. The Morgan fingerprint density at radius 1 is 1.46 bits per heavy atom. The zero-order valence-electron chi connectivity index (χ0n) is 8.50. The predicted molar refractivity (Wildman–Crippen MR) is 52.8 cm³/mol. The van der Waals surface area contributed by atoms with Crippen LogP contribution in [-0.4, -0.2) is 36.5 Å². The van der Waals surface area contributed by atoms with Crippen molar-refractivity contribution in [1.29, 1.82) is 0 Å². The zero-order chi connectivity index (χ0) is 9.42. The number of hydrogen-bond donors (Lipinski definition) is 0. The Morgan fingerprint density at radius 3 is 3.00 bits per heavy atom. The second-order valence-corrected chi connectivity index (χ2v) is 3.69. The predicted octanol–water partition coefficient (Wildman–Crippen LogP) is 1.41. The van der Waals surface area contributed by atoms with E-state index >= 15 is 0 Å². The molecule has 0 unspecified atom stereocenters. The van der Waals surface area contributed by atoms with Gasteiger partial charge < -0.3 is 9.64 Å². The molecule has 3 nitrogen and oxygen atoms in total. The summed E-state index contributed by atoms with van der Waals surface area (Å²) in [4.78, 5) is 6.85. The van der Waals surface area contributed by atoms with E-state index < -0.39 is 0 Å². The quantitative estimate of drug-likeness (QED) is 0.563. The molecule has 0 aromatic rings. The molecular weight excluding hydrogens is 164 g/mol. The highest BCUT2D eigenvalue weighted by molar-refractivity contribution is 5.83. The first kappa shape index (κ1) is 8.75. The SMILES string of the molecule is CC1=N[C@@H](C)C(C)=C2COCCN12. The average Bonchev–Trinajstić information content (AvgIpc) is 2.15. The first-order valence-electron chi connectivity index (χ1n) is 4.79. The van der Waals surface area contributed by atoms with E-state index in [1.807, 2.05) is 0 Å². The fraction of sp³-hybridized carbons (Fsp3) is 0.700. The number of amidine groups is 1. The zero-order valence-corrected chi connectivity index (χ0v) is 8.50. The molecule has 0 saturated carbocycles. The summed E-state index contributed by atoms with van der Waals surface area (Å²) in [5, 5.41) is 0. The van der Waals surface area contributed by atoms with Gasteiger partial charge in [-0.15, -0.1) is 0 Å². The highest BCUT2D eigenvalue weighted by atomic mass is 16.5. The third-order valence-electron chi connectivity index (χ3n) is 2.88. The standard InChI is InChI=1S/C10H16N2O/c1-7-8(2)11-9(3)12-4-5-13-6-10(7)12/h8H,4-6H2,1-3H3/t8-/m0/s1. The van der Waals surface area contributed by atoms with Crippen molar-refractivity contribution < 1.29 is 4.74 Å². The van der Waals surface area contributed by atoms with Gasteiger partial charge in [0.1, 0.15) is 5.84 Å². The van der Waals surface area contributed by atoms with Gasteiger partial charge in [0.2, 0.25) is 0 Å². The van der Waals surface area contributed by atoms with E-state index in [1.54, 1.807) is 0 Å². The van der Waals surface area contributed by atoms with E-state index in [4.69, 9.17) is 4.74 Å². The first-order chi connectivity index (χ1) is 6.20. The Hall–Kier alpha value is -0.830. The summed E-state index contributed by atoms with van der Waals surface area (Å²) >= 11 is 0. The van der Waals surface area contributed by atoms with E-state index in [-0.39, 0.29) is 0 Å². The molecule has 13 heavy (non-hydrogen) atoms. The van der Waals surface area contributed by atoms with Gasteiger partial charge in [-0.2, -0.15) is 0 Å². The summed E-state index contributed by atoms with van der Waals surface area (Å²) in [6.07, 6.45) is 0. The number of ether oxygens (including phenoxy) is 1. The summed E-state index contributed by atoms with van der Waals surface area (Å²) in [5.74, 6) is 1.14. The lowest BCUT2D eigenvalue weighted by Crippen LogP contribution is -2.42. The Balaban J connectivity index is 2.33. The Morgan fingerprint density at radius 2 is 2.23 bits per heavy atom. The molecule has 3 heteroatoms. The van der Waals surface area contributed by atoms with Gasteiger partial charge in [-0.25, -0.2) is 0 Å². The lowest BCUT2D eigenvalue weighted by atomic mass is 10.1. The molecule has 1 atom stereocenters. The molecule has 0 N–H and O–H groups in total. The molecule has 0 aliphatic carbocycles. The van der Waals surface area contributed by atoms with E-state index in [2.05, 4.69) is 30.7 Å². The fourth-order valence-electron chi connectivity index (χ4n) is 1.91. The molecule has 1 fully saturated rings. The molecule has 0 aromatic heterocycles. The van der Waals surface area contributed by atoms with Crippen LogP contribution in [0.2, 0.25) is 0 Å². The topological polar surface area (TPSA) is 24.8 Å². The minimum absolute atomic E-state index is 0.327. The van der Waals surface area contributed by atoms with Crippen LogP contribution in [0.25, 0.3) is 0 Å². The maximum atomic E-state index is 5.45. The number of rotatable bonds is 0. The van der Waals surface area contributed by atoms with Crippen LogP contribution < -0.4 is 0 Å². The van der Waals surface area contributed by atoms with Crippen LogP contribution in [0.5, 0.6) is 0 Å². The average molecular weight is 180 g/mol. The van der Waals surface area contributed by atoms with E-state index in [0.29, 0.717) is 6.04 Å². The summed E-state index contributed by atoms with van der Waals surface area (Å²) in [5.41, 5.74) is 2.68. The summed E-state index contributed by atoms with van der Waals surface area (Å²) in [6, 6.07) is 0.327. The second-order valence-electron chi connectivity index (χ2n) is 3.69. The number of morpholine rings is 1. The van der Waals surface area contributed by atoms with Crippen LogP contribution >= 0.6 is 0 Å². The van der Waals surface area contributed by atoms with Crippen molar-refractivity contribution in [3.05, 3.63) is 11.3 Å². The second kappa shape index (κ2) is 3.14. The fourth-order valence-corrected chi connectivity index (χ4v) is 1.91. The maximum absolute atomic E-state index is 5.45. The lowest BCUT2D eigenvalue weighted by Gasteiger charge is -2.37. The van der Waals surface area contributed by atoms with Crippen molar-refractivity contribution in [3.8, 4) is 0 Å². The van der Waals surface area contributed by atoms with Crippen molar-refractivity contribution in [2.75, 3.05) is 19.8 Å². The van der Waals surface area contributed by atoms with Crippen molar-refractivity contribution in [2.45, 2.75) is 26.8 Å². The maximum Gasteiger partial charge on any atom is 0.101 e. The van der Waals surface area contributed by atoms with Gasteiger partial charge in [-0.1, -0.05) is 0 Å². The lowest BCUT2D eigenvalue weighted by molar-refractivity contribution is 0.0954. The first-order valence-corrected chi connectivity index (χ1v) is 4.79. The van der Waals surface area contributed by atoms with Gasteiger partial charge in [0.25, 0.3) is 0 Å².